The van der Waals surface area contributed by atoms with E-state index in [1.54, 1.807) is 49.1 Å². The van der Waals surface area contributed by atoms with Gasteiger partial charge in [0.15, 0.2) is 17.3 Å². The molecular weight excluding hydrogens is 728 g/mol. The Morgan fingerprint density at radius 3 is 2.54 bits per heavy atom. The van der Waals surface area contributed by atoms with Crippen LogP contribution in [0.3, 0.4) is 0 Å². The summed E-state index contributed by atoms with van der Waals surface area (Å²) >= 11 is 9.76. The van der Waals surface area contributed by atoms with Crippen molar-refractivity contribution in [2.75, 3.05) is 32.5 Å². The summed E-state index contributed by atoms with van der Waals surface area (Å²) in [4.78, 5) is 52.3. The topological polar surface area (TPSA) is 163 Å². The number of hydrogen-bond acceptors (Lipinski definition) is 13. The number of hydrogen-bond donors (Lipinski definition) is 2. The largest absolute Gasteiger partial charge is 0.507 e. The molecule has 0 saturated carbocycles. The molecule has 4 aromatic rings. The number of aliphatic hydroxyl groups is 1. The third-order valence-electron chi connectivity index (χ3n) is 9.35. The van der Waals surface area contributed by atoms with Crippen molar-refractivity contribution in [1.29, 1.82) is 0 Å². The molecule has 3 heterocycles. The van der Waals surface area contributed by atoms with E-state index in [-0.39, 0.29) is 58.0 Å². The number of pyridine rings is 1. The summed E-state index contributed by atoms with van der Waals surface area (Å²) in [5.41, 5.74) is -0.964. The fourth-order valence-corrected chi connectivity index (χ4v) is 7.81. The molecule has 2 N–H and O–H groups in total. The number of allylic oxidation sites excluding steroid dienone is 1. The van der Waals surface area contributed by atoms with Crippen LogP contribution >= 0.6 is 35.1 Å². The predicted molar refractivity (Wildman–Crippen MR) is 198 cm³/mol. The number of carbonyl (C=O) groups is 3. The van der Waals surface area contributed by atoms with E-state index < -0.39 is 46.7 Å². The van der Waals surface area contributed by atoms with E-state index in [1.807, 2.05) is 30.7 Å². The molecule has 15 heteroatoms. The van der Waals surface area contributed by atoms with Gasteiger partial charge in [-0.1, -0.05) is 41.9 Å². The number of Topliss-reactive ketones (excluding diaryl/α,β-unsaturated/α-hetero) is 2. The third-order valence-corrected chi connectivity index (χ3v) is 11.1. The second-order valence-corrected chi connectivity index (χ2v) is 14.6. The van der Waals surface area contributed by atoms with E-state index in [0.717, 1.165) is 4.90 Å². The van der Waals surface area contributed by atoms with Gasteiger partial charge in [-0.3, -0.25) is 19.4 Å². The van der Waals surface area contributed by atoms with Gasteiger partial charge in [-0.05, 0) is 54.5 Å². The van der Waals surface area contributed by atoms with Gasteiger partial charge >= 0.3 is 0 Å². The number of aromatic nitrogens is 3. The summed E-state index contributed by atoms with van der Waals surface area (Å²) in [6, 6.07) is 13.5. The van der Waals surface area contributed by atoms with Crippen molar-refractivity contribution in [3.8, 4) is 28.8 Å². The summed E-state index contributed by atoms with van der Waals surface area (Å²) in [5.74, 6) is -2.32. The van der Waals surface area contributed by atoms with Gasteiger partial charge in [-0.15, -0.1) is 11.8 Å². The number of rotatable bonds is 13. The molecule has 6 rings (SSSR count). The average Bonchev–Trinajstić information content (AvgIpc) is 3.77. The molecule has 1 aliphatic carbocycles. The van der Waals surface area contributed by atoms with E-state index in [4.69, 9.17) is 30.3 Å². The van der Waals surface area contributed by atoms with Crippen molar-refractivity contribution in [2.45, 2.75) is 48.6 Å². The molecule has 2 aliphatic rings. The zero-order valence-electron chi connectivity index (χ0n) is 29.1. The van der Waals surface area contributed by atoms with Crippen LogP contribution in [0, 0.1) is 5.92 Å². The van der Waals surface area contributed by atoms with E-state index in [1.165, 1.54) is 32.0 Å². The van der Waals surface area contributed by atoms with Crippen molar-refractivity contribution < 1.29 is 38.2 Å². The van der Waals surface area contributed by atoms with Crippen LogP contribution in [0.2, 0.25) is 5.02 Å². The van der Waals surface area contributed by atoms with Gasteiger partial charge in [0.05, 0.1) is 14.2 Å². The maximum absolute atomic E-state index is 14.4. The van der Waals surface area contributed by atoms with Crippen molar-refractivity contribution in [1.82, 2.24) is 20.4 Å². The molecule has 0 saturated heterocycles. The van der Waals surface area contributed by atoms with Crippen LogP contribution in [-0.2, 0) is 9.59 Å². The highest BCUT2D eigenvalue weighted by atomic mass is 35.5. The number of carbonyl (C=O) groups excluding carboxylic acids is 3. The number of nitrogens with one attached hydrogen (secondary N) is 1. The normalized spacial score (nSPS) is 19.3. The third kappa shape index (κ3) is 6.74. The first-order valence-corrected chi connectivity index (χ1v) is 19.4. The molecule has 2 unspecified atom stereocenters. The molecule has 12 nitrogen and oxygen atoms in total. The zero-order valence-corrected chi connectivity index (χ0v) is 31.5. The monoisotopic (exact) mass is 764 g/mol. The number of ketones is 2. The lowest BCUT2D eigenvalue weighted by molar-refractivity contribution is -0.122. The van der Waals surface area contributed by atoms with E-state index in [2.05, 4.69) is 20.4 Å². The molecule has 0 bridgehead atoms. The lowest BCUT2D eigenvalue weighted by Gasteiger charge is -2.38. The Balaban J connectivity index is 1.40. The highest BCUT2D eigenvalue weighted by Gasteiger charge is 2.61. The first-order valence-electron chi connectivity index (χ1n) is 16.4. The Bertz CT molecular complexity index is 2020. The van der Waals surface area contributed by atoms with Gasteiger partial charge in [0, 0.05) is 47.4 Å². The molecule has 1 amide bonds. The maximum atomic E-state index is 14.4. The number of benzene rings is 2. The molecular formula is C37H37ClN4O8S2. The first kappa shape index (κ1) is 37.2. The fraction of sp³-hybridized carbons (Fsp3) is 0.351. The van der Waals surface area contributed by atoms with Gasteiger partial charge in [0.2, 0.25) is 29.0 Å². The molecule has 0 radical (unpaired) electrons. The minimum Gasteiger partial charge on any atom is -0.507 e. The van der Waals surface area contributed by atoms with E-state index in [9.17, 15) is 19.5 Å². The van der Waals surface area contributed by atoms with Crippen molar-refractivity contribution in [3.05, 3.63) is 88.1 Å². The summed E-state index contributed by atoms with van der Waals surface area (Å²) in [6.07, 6.45) is 5.58. The summed E-state index contributed by atoms with van der Waals surface area (Å²) in [7, 11) is 2.81. The summed E-state index contributed by atoms with van der Waals surface area (Å²) in [6.45, 7) is 1.65. The van der Waals surface area contributed by atoms with Crippen LogP contribution in [-0.4, -0.2) is 75.8 Å². The van der Waals surface area contributed by atoms with Crippen molar-refractivity contribution >= 4 is 52.6 Å². The molecule has 0 fully saturated rings. The van der Waals surface area contributed by atoms with Crippen LogP contribution in [0.5, 0.6) is 17.2 Å². The van der Waals surface area contributed by atoms with E-state index >= 15 is 0 Å². The Morgan fingerprint density at radius 2 is 1.88 bits per heavy atom. The fourth-order valence-electron chi connectivity index (χ4n) is 6.67. The molecule has 272 valence electrons. The molecule has 1 spiro atoms. The average molecular weight is 765 g/mol. The number of aliphatic hydroxyl groups excluding tert-OH is 1. The second-order valence-electron chi connectivity index (χ2n) is 12.4. The number of thioether (sulfide) groups is 2. The van der Waals surface area contributed by atoms with Crippen LogP contribution in [0.25, 0.3) is 11.5 Å². The van der Waals surface area contributed by atoms with Crippen molar-refractivity contribution in [2.24, 2.45) is 5.92 Å². The number of fused-ring (bicyclic) bond motifs is 1. The Morgan fingerprint density at radius 1 is 1.13 bits per heavy atom. The molecule has 2 aromatic carbocycles. The predicted octanol–water partition coefficient (Wildman–Crippen LogP) is 7.04. The van der Waals surface area contributed by atoms with Gasteiger partial charge in [-0.2, -0.15) is 16.7 Å². The SMILES string of the molecule is COc1cc(OC)c2c(c1Cl)O[C@]1(C2=O)C(O)=C(C(CC(=O)NC(CCSC)c2nc(-c3ccccn3)no2)c2ccc(SC)cc2)C(=O)C[C@H]1C. The zero-order chi connectivity index (χ0) is 37.2. The van der Waals surface area contributed by atoms with Gasteiger partial charge < -0.3 is 29.2 Å². The van der Waals surface area contributed by atoms with Crippen LogP contribution in [0.4, 0.5) is 0 Å². The quantitative estimate of drug-likeness (QED) is 0.133. The highest BCUT2D eigenvalue weighted by molar-refractivity contribution is 7.98. The standard InChI is InChI=1S/C37H37ClN4O8S2/c1-19-16-25(43)29(33(45)37(19)34(46)30-26(47-2)18-27(48-3)31(38)32(30)49-37)22(20-9-11-21(52-5)12-10-20)17-28(44)40-24(13-15-51-4)36-41-35(42-50-36)23-8-6-7-14-39-23/h6-12,14,18-19,22,24,45H,13,15-17H2,1-5H3,(H,40,44)/t19-,22?,24?,37+/m1/s1. The smallest absolute Gasteiger partial charge is 0.249 e. The molecule has 52 heavy (non-hydrogen) atoms. The van der Waals surface area contributed by atoms with Crippen LogP contribution in [0.1, 0.15) is 60.0 Å². The summed E-state index contributed by atoms with van der Waals surface area (Å²) < 4.78 is 22.9. The minimum absolute atomic E-state index is 0.0187. The number of halogens is 1. The molecule has 2 aromatic heterocycles. The Labute approximate surface area is 314 Å². The molecule has 1 aliphatic heterocycles. The van der Waals surface area contributed by atoms with Crippen LogP contribution < -0.4 is 19.5 Å². The maximum Gasteiger partial charge on any atom is 0.249 e. The summed E-state index contributed by atoms with van der Waals surface area (Å²) in [5, 5.41) is 19.4. The lowest BCUT2D eigenvalue weighted by atomic mass is 9.69. The first-order chi connectivity index (χ1) is 25.1. The second kappa shape index (κ2) is 15.6. The Kier molecular flexibility index (Phi) is 11.2. The minimum atomic E-state index is -2.00. The lowest BCUT2D eigenvalue weighted by Crippen LogP contribution is -2.53. The van der Waals surface area contributed by atoms with E-state index in [0.29, 0.717) is 23.4 Å². The van der Waals surface area contributed by atoms with Crippen molar-refractivity contribution in [3.63, 3.8) is 0 Å². The number of ether oxygens (including phenoxy) is 3. The van der Waals surface area contributed by atoms with Crippen LogP contribution in [0.15, 0.2) is 75.5 Å². The highest BCUT2D eigenvalue weighted by Crippen LogP contribution is 2.55. The number of methoxy groups -OCH3 is 2. The molecule has 4 atom stereocenters. The number of nitrogens with zero attached hydrogens (tertiary/aromatic N) is 3. The van der Waals surface area contributed by atoms with Gasteiger partial charge in [-0.25, -0.2) is 0 Å². The van der Waals surface area contributed by atoms with Gasteiger partial charge in [0.25, 0.3) is 0 Å². The van der Waals surface area contributed by atoms with Gasteiger partial charge in [0.1, 0.15) is 33.8 Å². The Hall–Kier alpha value is -4.53. The number of amides is 1.